The van der Waals surface area contributed by atoms with Gasteiger partial charge in [0.05, 0.1) is 5.56 Å². The summed E-state index contributed by atoms with van der Waals surface area (Å²) in [5.74, 6) is -0.799. The Bertz CT molecular complexity index is 724. The highest BCUT2D eigenvalue weighted by atomic mass is 32.1. The van der Waals surface area contributed by atoms with E-state index in [1.54, 1.807) is 0 Å². The minimum atomic E-state index is -4.33. The van der Waals surface area contributed by atoms with Gasteiger partial charge in [-0.3, -0.25) is 9.69 Å². The van der Waals surface area contributed by atoms with Crippen molar-refractivity contribution in [1.29, 1.82) is 0 Å². The van der Waals surface area contributed by atoms with Crippen LogP contribution in [0.5, 0.6) is 0 Å². The second-order valence-corrected chi connectivity index (χ2v) is 6.98. The largest absolute Gasteiger partial charge is 0.480 e. The molecule has 1 atom stereocenters. The predicted octanol–water partition coefficient (Wildman–Crippen LogP) is 4.48. The molecule has 1 aliphatic heterocycles. The smallest absolute Gasteiger partial charge is 0.416 e. The Hall–Kier alpha value is -1.86. The molecule has 1 N–H and O–H groups in total. The van der Waals surface area contributed by atoms with Gasteiger partial charge in [-0.25, -0.2) is 0 Å². The summed E-state index contributed by atoms with van der Waals surface area (Å²) in [4.78, 5) is 15.0. The first kappa shape index (κ1) is 17.0. The van der Waals surface area contributed by atoms with Crippen LogP contribution in [0.3, 0.4) is 0 Å². The lowest BCUT2D eigenvalue weighted by Crippen LogP contribution is -2.35. The quantitative estimate of drug-likeness (QED) is 0.879. The van der Waals surface area contributed by atoms with E-state index >= 15 is 0 Å². The van der Waals surface area contributed by atoms with Gasteiger partial charge >= 0.3 is 12.1 Å². The topological polar surface area (TPSA) is 40.5 Å². The molecule has 128 valence electrons. The van der Waals surface area contributed by atoms with Crippen LogP contribution < -0.4 is 0 Å². The van der Waals surface area contributed by atoms with Gasteiger partial charge in [0.25, 0.3) is 0 Å². The summed E-state index contributed by atoms with van der Waals surface area (Å²) in [5, 5.41) is 9.21. The zero-order valence-corrected chi connectivity index (χ0v) is 13.5. The minimum absolute atomic E-state index is 0.443. The predicted molar refractivity (Wildman–Crippen MR) is 85.8 cm³/mol. The van der Waals surface area contributed by atoms with Gasteiger partial charge in [-0.1, -0.05) is 12.1 Å². The average Bonchev–Trinajstić information content (AvgIpc) is 3.16. The number of alkyl halides is 3. The number of rotatable bonds is 4. The van der Waals surface area contributed by atoms with Crippen LogP contribution in [0, 0.1) is 0 Å². The number of nitrogens with zero attached hydrogens (tertiary/aromatic N) is 1. The van der Waals surface area contributed by atoms with E-state index in [1.807, 2.05) is 17.0 Å². The lowest BCUT2D eigenvalue weighted by molar-refractivity contribution is -0.142. The molecule has 0 spiro atoms. The first-order valence-electron chi connectivity index (χ1n) is 7.58. The fourth-order valence-electron chi connectivity index (χ4n) is 2.94. The van der Waals surface area contributed by atoms with Gasteiger partial charge in [0.1, 0.15) is 6.04 Å². The molecular formula is C17H16F3NO2S. The Labute approximate surface area is 141 Å². The van der Waals surface area contributed by atoms with Crippen molar-refractivity contribution in [3.63, 3.8) is 0 Å². The first-order valence-corrected chi connectivity index (χ1v) is 8.39. The van der Waals surface area contributed by atoms with E-state index in [-0.39, 0.29) is 0 Å². The fourth-order valence-corrected chi connectivity index (χ4v) is 3.98. The van der Waals surface area contributed by atoms with E-state index in [1.165, 1.54) is 23.5 Å². The molecule has 0 aliphatic carbocycles. The number of aliphatic carboxylic acids is 1. The maximum atomic E-state index is 12.6. The summed E-state index contributed by atoms with van der Waals surface area (Å²) in [6, 6.07) is 8.43. The molecular weight excluding hydrogens is 339 g/mol. The minimum Gasteiger partial charge on any atom is -0.480 e. The number of hydrogen-bond acceptors (Lipinski definition) is 3. The second-order valence-electron chi connectivity index (χ2n) is 5.81. The van der Waals surface area contributed by atoms with Crippen LogP contribution >= 0.6 is 11.3 Å². The van der Waals surface area contributed by atoms with E-state index in [0.717, 1.165) is 40.4 Å². The molecule has 3 rings (SSSR count). The summed E-state index contributed by atoms with van der Waals surface area (Å²) in [6.45, 7) is 1.31. The summed E-state index contributed by atoms with van der Waals surface area (Å²) in [6.07, 6.45) is -2.80. The molecule has 2 heterocycles. The van der Waals surface area contributed by atoms with Gasteiger partial charge in [-0.15, -0.1) is 11.3 Å². The van der Waals surface area contributed by atoms with Crippen molar-refractivity contribution < 1.29 is 23.1 Å². The third kappa shape index (κ3) is 3.62. The fraction of sp³-hybridized carbons (Fsp3) is 0.353. The van der Waals surface area contributed by atoms with Crippen LogP contribution in [0.15, 0.2) is 36.4 Å². The molecule has 0 saturated carbocycles. The van der Waals surface area contributed by atoms with Crippen LogP contribution in [0.4, 0.5) is 13.2 Å². The molecule has 1 aromatic heterocycles. The number of carboxylic acid groups (broad SMARTS) is 1. The number of thiophene rings is 1. The summed E-state index contributed by atoms with van der Waals surface area (Å²) < 4.78 is 37.8. The highest BCUT2D eigenvalue weighted by Gasteiger charge is 2.31. The molecule has 0 unspecified atom stereocenters. The van der Waals surface area contributed by atoms with Crippen molar-refractivity contribution in [2.75, 3.05) is 6.54 Å². The van der Waals surface area contributed by atoms with Crippen LogP contribution in [0.1, 0.15) is 23.3 Å². The van der Waals surface area contributed by atoms with E-state index in [4.69, 9.17) is 0 Å². The SMILES string of the molecule is O=C(O)[C@H]1CCCN1Cc1ccc(-c2ccc(C(F)(F)F)cc2)s1. The number of carbonyl (C=O) groups is 1. The molecule has 1 fully saturated rings. The van der Waals surface area contributed by atoms with E-state index in [2.05, 4.69) is 0 Å². The Morgan fingerprint density at radius 3 is 2.54 bits per heavy atom. The lowest BCUT2D eigenvalue weighted by atomic mass is 10.1. The van der Waals surface area contributed by atoms with Crippen LogP contribution in [0.25, 0.3) is 10.4 Å². The Morgan fingerprint density at radius 1 is 1.21 bits per heavy atom. The lowest BCUT2D eigenvalue weighted by Gasteiger charge is -2.19. The van der Waals surface area contributed by atoms with Crippen molar-refractivity contribution >= 4 is 17.3 Å². The highest BCUT2D eigenvalue weighted by Crippen LogP contribution is 2.34. The summed E-state index contributed by atoms with van der Waals surface area (Å²) in [7, 11) is 0. The molecule has 0 amide bonds. The number of likely N-dealkylation sites (tertiary alicyclic amines) is 1. The van der Waals surface area contributed by atoms with Gasteiger partial charge in [-0.05, 0) is 49.2 Å². The Morgan fingerprint density at radius 2 is 1.92 bits per heavy atom. The molecule has 0 radical (unpaired) electrons. The average molecular weight is 355 g/mol. The van der Waals surface area contributed by atoms with Gasteiger partial charge in [0, 0.05) is 16.3 Å². The second kappa shape index (κ2) is 6.57. The van der Waals surface area contributed by atoms with Crippen molar-refractivity contribution in [2.24, 2.45) is 0 Å². The number of halogens is 3. The van der Waals surface area contributed by atoms with Gasteiger partial charge < -0.3 is 5.11 Å². The van der Waals surface area contributed by atoms with Crippen LogP contribution in [-0.4, -0.2) is 28.6 Å². The highest BCUT2D eigenvalue weighted by molar-refractivity contribution is 7.15. The van der Waals surface area contributed by atoms with E-state index < -0.39 is 23.8 Å². The van der Waals surface area contributed by atoms with E-state index in [9.17, 15) is 23.1 Å². The molecule has 3 nitrogen and oxygen atoms in total. The van der Waals surface area contributed by atoms with Crippen molar-refractivity contribution in [3.05, 3.63) is 46.8 Å². The molecule has 7 heteroatoms. The first-order chi connectivity index (χ1) is 11.3. The standard InChI is InChI=1S/C17H16F3NO2S/c18-17(19,20)12-5-3-11(4-6-12)15-8-7-13(24-15)10-21-9-1-2-14(21)16(22)23/h3-8,14H,1-2,9-10H2,(H,22,23)/t14-/m1/s1. The molecule has 1 aromatic carbocycles. The molecule has 24 heavy (non-hydrogen) atoms. The number of carboxylic acids is 1. The van der Waals surface area contributed by atoms with Crippen molar-refractivity contribution in [3.8, 4) is 10.4 Å². The third-order valence-corrected chi connectivity index (χ3v) is 5.29. The number of hydrogen-bond donors (Lipinski definition) is 1. The molecule has 2 aromatic rings. The summed E-state index contributed by atoms with van der Waals surface area (Å²) >= 11 is 1.48. The van der Waals surface area contributed by atoms with Gasteiger partial charge in [0.2, 0.25) is 0 Å². The zero-order chi connectivity index (χ0) is 17.3. The zero-order valence-electron chi connectivity index (χ0n) is 12.7. The van der Waals surface area contributed by atoms with E-state index in [0.29, 0.717) is 13.0 Å². The molecule has 1 aliphatic rings. The van der Waals surface area contributed by atoms with Crippen molar-refractivity contribution in [1.82, 2.24) is 4.90 Å². The van der Waals surface area contributed by atoms with Crippen LogP contribution in [0.2, 0.25) is 0 Å². The maximum Gasteiger partial charge on any atom is 0.416 e. The monoisotopic (exact) mass is 355 g/mol. The maximum absolute atomic E-state index is 12.6. The van der Waals surface area contributed by atoms with Crippen molar-refractivity contribution in [2.45, 2.75) is 31.6 Å². The Kier molecular flexibility index (Phi) is 4.64. The summed E-state index contributed by atoms with van der Waals surface area (Å²) in [5.41, 5.74) is 0.0693. The Balaban J connectivity index is 1.72. The molecule has 0 bridgehead atoms. The van der Waals surface area contributed by atoms with Crippen LogP contribution in [-0.2, 0) is 17.5 Å². The normalized spacial score (nSPS) is 18.9. The number of benzene rings is 1. The third-order valence-electron chi connectivity index (χ3n) is 4.17. The molecule has 1 saturated heterocycles. The van der Waals surface area contributed by atoms with Gasteiger partial charge in [-0.2, -0.15) is 13.2 Å². The van der Waals surface area contributed by atoms with Gasteiger partial charge in [0.15, 0.2) is 0 Å².